The number of carbonyl (C=O) groups is 4. The number of amides is 2. The number of benzene rings is 3. The van der Waals surface area contributed by atoms with Crippen LogP contribution in [0.3, 0.4) is 0 Å². The predicted octanol–water partition coefficient (Wildman–Crippen LogP) is 4.20. The molecule has 0 aliphatic carbocycles. The third-order valence-corrected chi connectivity index (χ3v) is 10.1. The molecular formula is C35H31N5O7S2. The normalized spacial score (nSPS) is 17.5. The van der Waals surface area contributed by atoms with Crippen LogP contribution in [0.25, 0.3) is 0 Å². The number of rotatable bonds is 12. The van der Waals surface area contributed by atoms with E-state index in [-0.39, 0.29) is 29.5 Å². The van der Waals surface area contributed by atoms with Crippen molar-refractivity contribution >= 4 is 57.7 Å². The van der Waals surface area contributed by atoms with Gasteiger partial charge in [0.25, 0.3) is 11.8 Å². The minimum Gasteiger partial charge on any atom is -0.477 e. The van der Waals surface area contributed by atoms with Crippen LogP contribution in [0.15, 0.2) is 113 Å². The summed E-state index contributed by atoms with van der Waals surface area (Å²) in [5.41, 5.74) is 2.15. The number of anilines is 1. The number of ether oxygens (including phenoxy) is 1. The number of hydrogen-bond acceptors (Lipinski definition) is 11. The average molecular weight is 698 g/mol. The Morgan fingerprint density at radius 1 is 0.980 bits per heavy atom. The molecule has 0 bridgehead atoms. The number of carboxylic acid groups (broad SMARTS) is 1. The van der Waals surface area contributed by atoms with Crippen LogP contribution in [0, 0.1) is 0 Å². The number of oxime groups is 1. The van der Waals surface area contributed by atoms with Gasteiger partial charge >= 0.3 is 11.9 Å². The highest BCUT2D eigenvalue weighted by atomic mass is 32.2. The largest absolute Gasteiger partial charge is 0.477 e. The molecule has 0 spiro atoms. The maximum atomic E-state index is 13.6. The molecule has 0 radical (unpaired) electrons. The van der Waals surface area contributed by atoms with E-state index in [1.54, 1.807) is 5.38 Å². The Balaban J connectivity index is 1.27. The van der Waals surface area contributed by atoms with Crippen LogP contribution in [-0.2, 0) is 34.3 Å². The lowest BCUT2D eigenvalue weighted by atomic mass is 9.77. The highest BCUT2D eigenvalue weighted by molar-refractivity contribution is 8.00. The lowest BCUT2D eigenvalue weighted by Crippen LogP contribution is -2.71. The number of aromatic nitrogens is 1. The molecule has 3 N–H and O–H groups in total. The van der Waals surface area contributed by atoms with Gasteiger partial charge in [-0.25, -0.2) is 9.78 Å². The molecule has 1 unspecified atom stereocenters. The van der Waals surface area contributed by atoms with E-state index in [1.807, 2.05) is 91.0 Å². The Kier molecular flexibility index (Phi) is 9.78. The smallest absolute Gasteiger partial charge is 0.352 e. The Hall–Kier alpha value is -5.47. The van der Waals surface area contributed by atoms with E-state index >= 15 is 0 Å². The topological polar surface area (TPSA) is 160 Å². The second kappa shape index (κ2) is 14.3. The van der Waals surface area contributed by atoms with E-state index in [4.69, 9.17) is 14.6 Å². The summed E-state index contributed by atoms with van der Waals surface area (Å²) >= 11 is 2.53. The Morgan fingerprint density at radius 3 is 2.06 bits per heavy atom. The van der Waals surface area contributed by atoms with Crippen molar-refractivity contribution < 1.29 is 33.9 Å². The van der Waals surface area contributed by atoms with Crippen molar-refractivity contribution in [2.24, 2.45) is 5.16 Å². The van der Waals surface area contributed by atoms with Crippen molar-refractivity contribution in [3.05, 3.63) is 130 Å². The van der Waals surface area contributed by atoms with Gasteiger partial charge in [0.05, 0.1) is 0 Å². The highest BCUT2D eigenvalue weighted by Gasteiger charge is 2.54. The summed E-state index contributed by atoms with van der Waals surface area (Å²) in [4.78, 5) is 61.1. The molecule has 1 aromatic heterocycles. The number of β-lactam (4-membered cyclic amide) rings is 1. The minimum atomic E-state index is -1.33. The fraction of sp³-hybridized carbons (Fsp3) is 0.200. The van der Waals surface area contributed by atoms with E-state index in [0.717, 1.165) is 21.6 Å². The van der Waals surface area contributed by atoms with Crippen molar-refractivity contribution in [1.29, 1.82) is 0 Å². The number of nitrogens with one attached hydrogen (secondary N) is 2. The Bertz CT molecular complexity index is 1840. The van der Waals surface area contributed by atoms with Gasteiger partial charge < -0.3 is 25.3 Å². The zero-order valence-corrected chi connectivity index (χ0v) is 28.0. The average Bonchev–Trinajstić information content (AvgIpc) is 3.59. The predicted molar refractivity (Wildman–Crippen MR) is 185 cm³/mol. The van der Waals surface area contributed by atoms with Crippen molar-refractivity contribution in [3.63, 3.8) is 0 Å². The molecule has 14 heteroatoms. The summed E-state index contributed by atoms with van der Waals surface area (Å²) < 4.78 is 4.99. The number of thiazole rings is 1. The summed E-state index contributed by atoms with van der Waals surface area (Å²) in [6.45, 7) is 0.968. The van der Waals surface area contributed by atoms with E-state index < -0.39 is 40.7 Å². The van der Waals surface area contributed by atoms with Gasteiger partial charge in [0.1, 0.15) is 42.1 Å². The first-order chi connectivity index (χ1) is 23.7. The van der Waals surface area contributed by atoms with Gasteiger partial charge in [-0.05, 0) is 16.7 Å². The molecule has 0 saturated carbocycles. The number of thioether (sulfide) groups is 1. The maximum absolute atomic E-state index is 13.6. The first-order valence-electron chi connectivity index (χ1n) is 15.1. The molecule has 2 amide bonds. The molecule has 2 aliphatic heterocycles. The van der Waals surface area contributed by atoms with Crippen molar-refractivity contribution in [2.75, 3.05) is 24.8 Å². The number of fused-ring (bicyclic) bond motifs is 1. The molecule has 4 aromatic rings. The molecule has 3 aromatic carbocycles. The Labute approximate surface area is 289 Å². The van der Waals surface area contributed by atoms with Crippen LogP contribution >= 0.6 is 23.1 Å². The quantitative estimate of drug-likeness (QED) is 0.0644. The number of esters is 1. The molecule has 6 rings (SSSR count). The van der Waals surface area contributed by atoms with Crippen molar-refractivity contribution in [1.82, 2.24) is 15.2 Å². The van der Waals surface area contributed by atoms with Crippen LogP contribution < -0.4 is 10.6 Å². The number of hydrogen-bond donors (Lipinski definition) is 3. The lowest BCUT2D eigenvalue weighted by Gasteiger charge is -2.49. The SMILES string of the molecule is CON=C(C(=O)NC1C(=O)N2C(C(=O)O)=C(COC(C)=O)CS[C@H]12)c1csc(NC(c2ccccc2)(c2ccccc2)c2ccccc2)n1. The zero-order chi connectivity index (χ0) is 34.5. The second-order valence-corrected chi connectivity index (χ2v) is 13.0. The van der Waals surface area contributed by atoms with Gasteiger partial charge in [-0.1, -0.05) is 96.2 Å². The second-order valence-electron chi connectivity index (χ2n) is 11.0. The van der Waals surface area contributed by atoms with Crippen molar-refractivity contribution in [3.8, 4) is 0 Å². The fourth-order valence-corrected chi connectivity index (χ4v) is 7.95. The van der Waals surface area contributed by atoms with E-state index in [2.05, 4.69) is 15.8 Å². The van der Waals surface area contributed by atoms with Gasteiger partial charge in [-0.2, -0.15) is 0 Å². The molecule has 49 heavy (non-hydrogen) atoms. The molecular weight excluding hydrogens is 667 g/mol. The van der Waals surface area contributed by atoms with Crippen LogP contribution in [-0.4, -0.2) is 75.3 Å². The first kappa shape index (κ1) is 33.4. The number of aliphatic carboxylic acids is 1. The zero-order valence-electron chi connectivity index (χ0n) is 26.4. The maximum Gasteiger partial charge on any atom is 0.352 e. The van der Waals surface area contributed by atoms with Crippen molar-refractivity contribution in [2.45, 2.75) is 23.9 Å². The highest BCUT2D eigenvalue weighted by Crippen LogP contribution is 2.42. The monoisotopic (exact) mass is 697 g/mol. The van der Waals surface area contributed by atoms with Crippen LogP contribution in [0.1, 0.15) is 29.3 Å². The molecule has 3 heterocycles. The minimum absolute atomic E-state index is 0.159. The standard InChI is InChI=1S/C35H31N5O7S2/c1-21(41)47-18-22-19-48-32-28(31(43)40(32)29(22)33(44)45)37-30(42)27(39-46-2)26-20-49-34(36-26)38-35(23-12-6-3-7-13-23,24-14-8-4-9-15-24)25-16-10-5-11-17-25/h3-17,20,28,32H,18-19H2,1-2H3,(H,36,38)(H,37,42)(H,44,45)/t28?,32-/m1/s1. The summed E-state index contributed by atoms with van der Waals surface area (Å²) in [5.74, 6) is -3.03. The van der Waals surface area contributed by atoms with Gasteiger partial charge in [0.2, 0.25) is 0 Å². The van der Waals surface area contributed by atoms with Gasteiger partial charge in [-0.15, -0.1) is 23.1 Å². The molecule has 250 valence electrons. The Morgan fingerprint density at radius 2 is 1.55 bits per heavy atom. The van der Waals surface area contributed by atoms with Gasteiger partial charge in [-0.3, -0.25) is 19.3 Å². The van der Waals surface area contributed by atoms with Crippen LogP contribution in [0.5, 0.6) is 0 Å². The first-order valence-corrected chi connectivity index (χ1v) is 17.0. The van der Waals surface area contributed by atoms with E-state index in [0.29, 0.717) is 10.7 Å². The summed E-state index contributed by atoms with van der Waals surface area (Å²) in [6, 6.07) is 28.9. The van der Waals surface area contributed by atoms with Gasteiger partial charge in [0.15, 0.2) is 10.8 Å². The molecule has 2 atom stereocenters. The third kappa shape index (κ3) is 6.52. The van der Waals surface area contributed by atoms with Gasteiger partial charge in [0, 0.05) is 23.6 Å². The van der Waals surface area contributed by atoms with Crippen LogP contribution in [0.4, 0.5) is 5.13 Å². The third-order valence-electron chi connectivity index (χ3n) is 8.05. The molecule has 1 saturated heterocycles. The number of nitrogens with zero attached hydrogens (tertiary/aromatic N) is 3. The van der Waals surface area contributed by atoms with Crippen LogP contribution in [0.2, 0.25) is 0 Å². The lowest BCUT2D eigenvalue weighted by molar-refractivity contribution is -0.150. The summed E-state index contributed by atoms with van der Waals surface area (Å²) in [5, 5.41) is 21.6. The number of carboxylic acids is 1. The van der Waals surface area contributed by atoms with E-state index in [9.17, 15) is 24.3 Å². The summed E-state index contributed by atoms with van der Waals surface area (Å²) in [6.07, 6.45) is 0. The summed E-state index contributed by atoms with van der Waals surface area (Å²) in [7, 11) is 1.30. The van der Waals surface area contributed by atoms with E-state index in [1.165, 1.54) is 37.1 Å². The molecule has 1 fully saturated rings. The molecule has 2 aliphatic rings. The fourth-order valence-electron chi connectivity index (χ4n) is 5.87. The number of carbonyl (C=O) groups excluding carboxylic acids is 3. The molecule has 12 nitrogen and oxygen atoms in total.